The average Bonchev–Trinajstić information content (AvgIpc) is 3.02. The van der Waals surface area contributed by atoms with E-state index in [2.05, 4.69) is 15.5 Å². The van der Waals surface area contributed by atoms with Gasteiger partial charge in [0.05, 0.1) is 6.21 Å². The van der Waals surface area contributed by atoms with Crippen LogP contribution in [0.15, 0.2) is 52.9 Å². The summed E-state index contributed by atoms with van der Waals surface area (Å²) in [6.45, 7) is 0.0762. The van der Waals surface area contributed by atoms with Gasteiger partial charge in [0.25, 0.3) is 0 Å². The smallest absolute Gasteiger partial charge is 0.205 e. The van der Waals surface area contributed by atoms with Crippen molar-refractivity contribution in [1.29, 1.82) is 0 Å². The van der Waals surface area contributed by atoms with Crippen molar-refractivity contribution in [1.82, 2.24) is 4.98 Å². The highest BCUT2D eigenvalue weighted by atomic mass is 32.1. The Morgan fingerprint density at radius 3 is 2.88 bits per heavy atom. The van der Waals surface area contributed by atoms with E-state index in [0.717, 1.165) is 29.3 Å². The molecule has 25 heavy (non-hydrogen) atoms. The Labute approximate surface area is 146 Å². The number of anilines is 2. The Kier molecular flexibility index (Phi) is 5.20. The molecule has 8 heteroatoms. The van der Waals surface area contributed by atoms with Gasteiger partial charge in [-0.1, -0.05) is 24.3 Å². The summed E-state index contributed by atoms with van der Waals surface area (Å²) in [5.74, 6) is -0.884. The first kappa shape index (κ1) is 16.8. The molecule has 0 amide bonds. The maximum Gasteiger partial charge on any atom is 0.205 e. The molecule has 0 saturated carbocycles. The molecule has 1 aromatic heterocycles. The van der Waals surface area contributed by atoms with Gasteiger partial charge in [-0.3, -0.25) is 5.43 Å². The predicted molar refractivity (Wildman–Crippen MR) is 94.9 cm³/mol. The van der Waals surface area contributed by atoms with E-state index in [1.807, 2.05) is 24.3 Å². The zero-order chi connectivity index (χ0) is 17.6. The van der Waals surface area contributed by atoms with Crippen molar-refractivity contribution >= 4 is 28.5 Å². The van der Waals surface area contributed by atoms with E-state index in [0.29, 0.717) is 10.9 Å². The van der Waals surface area contributed by atoms with E-state index < -0.39 is 11.6 Å². The quantitative estimate of drug-likeness (QED) is 0.514. The molecular weight excluding hydrogens is 346 g/mol. The number of nitrogens with two attached hydrogens (primary N) is 1. The second kappa shape index (κ2) is 7.71. The van der Waals surface area contributed by atoms with Gasteiger partial charge in [0.1, 0.15) is 18.2 Å². The SMILES string of the molecule is Nc1csc(NN=Cc2ccccc2COc2cc(F)ccc2F)n1. The number of ether oxygens (including phenoxy) is 1. The second-order valence-corrected chi connectivity index (χ2v) is 5.87. The first-order valence-corrected chi connectivity index (χ1v) is 8.15. The molecule has 3 N–H and O–H groups in total. The summed E-state index contributed by atoms with van der Waals surface area (Å²) in [6, 6.07) is 10.4. The molecule has 2 aromatic carbocycles. The monoisotopic (exact) mass is 360 g/mol. The van der Waals surface area contributed by atoms with Gasteiger partial charge in [-0.25, -0.2) is 13.8 Å². The van der Waals surface area contributed by atoms with E-state index in [9.17, 15) is 8.78 Å². The molecule has 3 rings (SSSR count). The van der Waals surface area contributed by atoms with Crippen molar-refractivity contribution < 1.29 is 13.5 Å². The normalized spacial score (nSPS) is 11.0. The zero-order valence-corrected chi connectivity index (χ0v) is 13.8. The van der Waals surface area contributed by atoms with Crippen LogP contribution >= 0.6 is 11.3 Å². The molecule has 5 nitrogen and oxygen atoms in total. The van der Waals surface area contributed by atoms with E-state index >= 15 is 0 Å². The number of hydrazone groups is 1. The highest BCUT2D eigenvalue weighted by Crippen LogP contribution is 2.20. The number of hydrogen-bond acceptors (Lipinski definition) is 6. The molecular formula is C17H14F2N4OS. The van der Waals surface area contributed by atoms with Crippen LogP contribution in [0.2, 0.25) is 0 Å². The van der Waals surface area contributed by atoms with Crippen LogP contribution in [0.3, 0.4) is 0 Å². The minimum absolute atomic E-state index is 0.0762. The number of nitrogens with one attached hydrogen (secondary N) is 1. The van der Waals surface area contributed by atoms with Crippen LogP contribution in [0.5, 0.6) is 5.75 Å². The summed E-state index contributed by atoms with van der Waals surface area (Å²) in [5.41, 5.74) is 9.86. The molecule has 128 valence electrons. The summed E-state index contributed by atoms with van der Waals surface area (Å²) in [5, 5.41) is 6.38. The van der Waals surface area contributed by atoms with E-state index in [4.69, 9.17) is 10.5 Å². The third kappa shape index (κ3) is 4.51. The topological polar surface area (TPSA) is 72.5 Å². The molecule has 0 unspecified atom stereocenters. The lowest BCUT2D eigenvalue weighted by Crippen LogP contribution is -2.02. The summed E-state index contributed by atoms with van der Waals surface area (Å²) in [4.78, 5) is 4.03. The number of halogens is 2. The van der Waals surface area contributed by atoms with Crippen LogP contribution in [-0.4, -0.2) is 11.2 Å². The molecule has 0 aliphatic carbocycles. The van der Waals surface area contributed by atoms with Crippen LogP contribution in [0.1, 0.15) is 11.1 Å². The largest absolute Gasteiger partial charge is 0.486 e. The molecule has 0 bridgehead atoms. The van der Waals surface area contributed by atoms with Crippen molar-refractivity contribution in [2.24, 2.45) is 5.10 Å². The Morgan fingerprint density at radius 2 is 2.08 bits per heavy atom. The number of benzene rings is 2. The highest BCUT2D eigenvalue weighted by Gasteiger charge is 2.07. The number of rotatable bonds is 6. The van der Waals surface area contributed by atoms with Gasteiger partial charge in [0.2, 0.25) is 5.13 Å². The average molecular weight is 360 g/mol. The van der Waals surface area contributed by atoms with Crippen LogP contribution in [-0.2, 0) is 6.61 Å². The van der Waals surface area contributed by atoms with Crippen LogP contribution in [0.25, 0.3) is 0 Å². The first-order valence-electron chi connectivity index (χ1n) is 7.27. The lowest BCUT2D eigenvalue weighted by atomic mass is 10.1. The fraction of sp³-hybridized carbons (Fsp3) is 0.0588. The molecule has 0 spiro atoms. The molecule has 0 aliphatic rings. The lowest BCUT2D eigenvalue weighted by Gasteiger charge is -2.09. The number of aromatic nitrogens is 1. The number of hydrogen-bond donors (Lipinski definition) is 2. The number of thiazole rings is 1. The Balaban J connectivity index is 1.69. The second-order valence-electron chi connectivity index (χ2n) is 5.01. The molecule has 1 heterocycles. The Bertz CT molecular complexity index is 898. The van der Waals surface area contributed by atoms with Gasteiger partial charge in [-0.05, 0) is 17.7 Å². The first-order chi connectivity index (χ1) is 12.1. The van der Waals surface area contributed by atoms with Gasteiger partial charge >= 0.3 is 0 Å². The van der Waals surface area contributed by atoms with Crippen molar-refractivity contribution in [2.75, 3.05) is 11.2 Å². The molecule has 3 aromatic rings. The zero-order valence-electron chi connectivity index (χ0n) is 12.9. The Hall–Kier alpha value is -3.00. The van der Waals surface area contributed by atoms with E-state index in [1.165, 1.54) is 11.3 Å². The van der Waals surface area contributed by atoms with Crippen molar-refractivity contribution in [3.05, 3.63) is 70.6 Å². The van der Waals surface area contributed by atoms with E-state index in [-0.39, 0.29) is 12.4 Å². The third-order valence-electron chi connectivity index (χ3n) is 3.22. The molecule has 0 radical (unpaired) electrons. The molecule has 0 fully saturated rings. The summed E-state index contributed by atoms with van der Waals surface area (Å²) >= 11 is 1.34. The van der Waals surface area contributed by atoms with E-state index in [1.54, 1.807) is 11.6 Å². The molecule has 0 atom stereocenters. The fourth-order valence-electron chi connectivity index (χ4n) is 2.03. The van der Waals surface area contributed by atoms with Crippen molar-refractivity contribution in [3.8, 4) is 5.75 Å². The number of nitrogen functional groups attached to an aromatic ring is 1. The van der Waals surface area contributed by atoms with Crippen molar-refractivity contribution in [2.45, 2.75) is 6.61 Å². The van der Waals surface area contributed by atoms with Gasteiger partial charge in [0, 0.05) is 17.0 Å². The predicted octanol–water partition coefficient (Wildman–Crippen LogP) is 4.03. The van der Waals surface area contributed by atoms with Gasteiger partial charge < -0.3 is 10.5 Å². The van der Waals surface area contributed by atoms with Gasteiger partial charge in [0.15, 0.2) is 11.6 Å². The maximum absolute atomic E-state index is 13.6. The van der Waals surface area contributed by atoms with Gasteiger partial charge in [-0.15, -0.1) is 11.3 Å². The van der Waals surface area contributed by atoms with Crippen LogP contribution in [0, 0.1) is 11.6 Å². The summed E-state index contributed by atoms with van der Waals surface area (Å²) in [7, 11) is 0. The van der Waals surface area contributed by atoms with Crippen LogP contribution < -0.4 is 15.9 Å². The number of nitrogens with zero attached hydrogens (tertiary/aromatic N) is 2. The minimum atomic E-state index is -0.615. The highest BCUT2D eigenvalue weighted by molar-refractivity contribution is 7.14. The fourth-order valence-corrected chi connectivity index (χ4v) is 2.58. The summed E-state index contributed by atoms with van der Waals surface area (Å²) in [6.07, 6.45) is 1.60. The molecule has 0 saturated heterocycles. The summed E-state index contributed by atoms with van der Waals surface area (Å²) < 4.78 is 32.2. The maximum atomic E-state index is 13.6. The third-order valence-corrected chi connectivity index (χ3v) is 3.98. The lowest BCUT2D eigenvalue weighted by molar-refractivity contribution is 0.288. The standard InChI is InChI=1S/C17H14F2N4OS/c18-13-5-6-14(19)15(7-13)24-9-12-4-2-1-3-11(12)8-21-23-17-22-16(20)10-25-17/h1-8,10H,9,20H2,(H,22,23). The van der Waals surface area contributed by atoms with Crippen molar-refractivity contribution in [3.63, 3.8) is 0 Å². The Morgan fingerprint density at radius 1 is 1.24 bits per heavy atom. The molecule has 0 aliphatic heterocycles. The van der Waals surface area contributed by atoms with Crippen LogP contribution in [0.4, 0.5) is 19.7 Å². The van der Waals surface area contributed by atoms with Gasteiger partial charge in [-0.2, -0.15) is 5.10 Å². The minimum Gasteiger partial charge on any atom is -0.486 e.